The number of rotatable bonds is 3. The van der Waals surface area contributed by atoms with E-state index in [0.29, 0.717) is 16.3 Å². The molecule has 0 aliphatic carbocycles. The number of aromatic carboxylic acids is 1. The van der Waals surface area contributed by atoms with Crippen molar-refractivity contribution in [1.29, 1.82) is 0 Å². The summed E-state index contributed by atoms with van der Waals surface area (Å²) in [5, 5.41) is 9.43. The fourth-order valence-corrected chi connectivity index (χ4v) is 1.60. The molecule has 0 amide bonds. The fourth-order valence-electron chi connectivity index (χ4n) is 1.44. The molecule has 88 valence electrons. The number of carboxylic acid groups (broad SMARTS) is 1. The van der Waals surface area contributed by atoms with Crippen LogP contribution in [0.3, 0.4) is 0 Å². The van der Waals surface area contributed by atoms with E-state index in [1.54, 1.807) is 18.2 Å². The summed E-state index contributed by atoms with van der Waals surface area (Å²) in [4.78, 5) is 14.6. The third kappa shape index (κ3) is 2.09. The number of carbonyl (C=O) groups is 1. The Morgan fingerprint density at radius 1 is 1.53 bits per heavy atom. The van der Waals surface area contributed by atoms with Crippen LogP contribution in [0.5, 0.6) is 5.75 Å². The molecule has 0 aliphatic heterocycles. The minimum atomic E-state index is -1.16. The highest BCUT2D eigenvalue weighted by Crippen LogP contribution is 2.34. The SMILES string of the molecule is COc1cc(Cl)ccc1-c1ocnc1C(=O)O. The van der Waals surface area contributed by atoms with Crippen LogP contribution in [-0.4, -0.2) is 23.2 Å². The van der Waals surface area contributed by atoms with Crippen molar-refractivity contribution in [2.45, 2.75) is 0 Å². The van der Waals surface area contributed by atoms with E-state index in [2.05, 4.69) is 4.98 Å². The van der Waals surface area contributed by atoms with Crippen LogP contribution in [0, 0.1) is 0 Å². The number of aromatic nitrogens is 1. The molecule has 1 heterocycles. The Bertz CT molecular complexity index is 564. The Hall–Kier alpha value is -2.01. The monoisotopic (exact) mass is 253 g/mol. The van der Waals surface area contributed by atoms with Crippen LogP contribution in [0.1, 0.15) is 10.5 Å². The summed E-state index contributed by atoms with van der Waals surface area (Å²) in [7, 11) is 1.46. The summed E-state index contributed by atoms with van der Waals surface area (Å²) in [6.45, 7) is 0. The van der Waals surface area contributed by atoms with Crippen LogP contribution < -0.4 is 4.74 Å². The second-order valence-corrected chi connectivity index (χ2v) is 3.62. The van der Waals surface area contributed by atoms with Gasteiger partial charge in [-0.25, -0.2) is 9.78 Å². The van der Waals surface area contributed by atoms with Gasteiger partial charge in [-0.15, -0.1) is 0 Å². The molecule has 6 heteroatoms. The number of oxazole rings is 1. The Morgan fingerprint density at radius 2 is 2.29 bits per heavy atom. The zero-order chi connectivity index (χ0) is 12.4. The first-order valence-corrected chi connectivity index (χ1v) is 5.02. The molecule has 0 fully saturated rings. The van der Waals surface area contributed by atoms with Gasteiger partial charge in [-0.2, -0.15) is 0 Å². The molecule has 0 saturated carbocycles. The van der Waals surface area contributed by atoms with Gasteiger partial charge in [-0.1, -0.05) is 11.6 Å². The number of nitrogens with zero attached hydrogens (tertiary/aromatic N) is 1. The van der Waals surface area contributed by atoms with Gasteiger partial charge in [0.2, 0.25) is 0 Å². The minimum absolute atomic E-state index is 0.144. The molecule has 1 N–H and O–H groups in total. The normalized spacial score (nSPS) is 10.2. The predicted octanol–water partition coefficient (Wildman–Crippen LogP) is 2.70. The van der Waals surface area contributed by atoms with Gasteiger partial charge in [0.05, 0.1) is 12.7 Å². The van der Waals surface area contributed by atoms with Crippen LogP contribution in [0.25, 0.3) is 11.3 Å². The second kappa shape index (κ2) is 4.47. The maximum atomic E-state index is 10.9. The molecule has 2 aromatic rings. The van der Waals surface area contributed by atoms with Crippen LogP contribution in [0.2, 0.25) is 5.02 Å². The van der Waals surface area contributed by atoms with E-state index in [1.165, 1.54) is 7.11 Å². The van der Waals surface area contributed by atoms with Crippen molar-refractivity contribution in [3.05, 3.63) is 35.3 Å². The molecule has 0 spiro atoms. The molecule has 1 aromatic carbocycles. The zero-order valence-corrected chi connectivity index (χ0v) is 9.56. The lowest BCUT2D eigenvalue weighted by molar-refractivity contribution is 0.0691. The van der Waals surface area contributed by atoms with E-state index in [9.17, 15) is 4.79 Å². The van der Waals surface area contributed by atoms with Crippen LogP contribution in [-0.2, 0) is 0 Å². The Balaban J connectivity index is 2.60. The van der Waals surface area contributed by atoms with E-state index < -0.39 is 5.97 Å². The Kier molecular flexibility index (Phi) is 3.01. The summed E-state index contributed by atoms with van der Waals surface area (Å²) in [6, 6.07) is 4.81. The quantitative estimate of drug-likeness (QED) is 0.910. The molecular weight excluding hydrogens is 246 g/mol. The highest BCUT2D eigenvalue weighted by molar-refractivity contribution is 6.30. The molecule has 0 radical (unpaired) electrons. The fraction of sp³-hybridized carbons (Fsp3) is 0.0909. The van der Waals surface area contributed by atoms with Gasteiger partial charge < -0.3 is 14.3 Å². The van der Waals surface area contributed by atoms with Gasteiger partial charge in [-0.05, 0) is 18.2 Å². The number of ether oxygens (including phenoxy) is 1. The number of benzene rings is 1. The molecule has 2 rings (SSSR count). The summed E-state index contributed by atoms with van der Waals surface area (Å²) >= 11 is 5.82. The van der Waals surface area contributed by atoms with Crippen molar-refractivity contribution in [3.8, 4) is 17.1 Å². The van der Waals surface area contributed by atoms with Gasteiger partial charge >= 0.3 is 5.97 Å². The number of halogens is 1. The zero-order valence-electron chi connectivity index (χ0n) is 8.81. The standard InChI is InChI=1S/C11H8ClNO4/c1-16-8-4-6(12)2-3-7(8)10-9(11(14)15)13-5-17-10/h2-5H,1H3,(H,14,15). The second-order valence-electron chi connectivity index (χ2n) is 3.18. The van der Waals surface area contributed by atoms with E-state index in [1.807, 2.05) is 0 Å². The minimum Gasteiger partial charge on any atom is -0.496 e. The highest BCUT2D eigenvalue weighted by Gasteiger charge is 2.20. The molecule has 0 aliphatic rings. The third-order valence-electron chi connectivity index (χ3n) is 2.18. The van der Waals surface area contributed by atoms with Gasteiger partial charge in [0, 0.05) is 5.02 Å². The number of carboxylic acids is 1. The summed E-state index contributed by atoms with van der Waals surface area (Å²) in [5.74, 6) is -0.589. The van der Waals surface area contributed by atoms with E-state index in [0.717, 1.165) is 6.39 Å². The van der Waals surface area contributed by atoms with Gasteiger partial charge in [0.25, 0.3) is 0 Å². The Labute approximate surface area is 102 Å². The summed E-state index contributed by atoms with van der Waals surface area (Å²) < 4.78 is 10.2. The number of hydrogen-bond acceptors (Lipinski definition) is 4. The molecule has 0 unspecified atom stereocenters. The average molecular weight is 254 g/mol. The van der Waals surface area contributed by atoms with Crippen molar-refractivity contribution in [1.82, 2.24) is 4.98 Å². The average Bonchev–Trinajstić information content (AvgIpc) is 2.77. The highest BCUT2D eigenvalue weighted by atomic mass is 35.5. The van der Waals surface area contributed by atoms with Gasteiger partial charge in [0.15, 0.2) is 17.8 Å². The topological polar surface area (TPSA) is 72.6 Å². The van der Waals surface area contributed by atoms with Crippen molar-refractivity contribution < 1.29 is 19.1 Å². The van der Waals surface area contributed by atoms with Crippen molar-refractivity contribution >= 4 is 17.6 Å². The third-order valence-corrected chi connectivity index (χ3v) is 2.41. The number of hydrogen-bond donors (Lipinski definition) is 1. The van der Waals surface area contributed by atoms with Gasteiger partial charge in [-0.3, -0.25) is 0 Å². The predicted molar refractivity (Wildman–Crippen MR) is 60.5 cm³/mol. The lowest BCUT2D eigenvalue weighted by atomic mass is 10.1. The van der Waals surface area contributed by atoms with E-state index >= 15 is 0 Å². The van der Waals surface area contributed by atoms with Gasteiger partial charge in [0.1, 0.15) is 5.75 Å². The molecular formula is C11H8ClNO4. The smallest absolute Gasteiger partial charge is 0.358 e. The van der Waals surface area contributed by atoms with Crippen LogP contribution in [0.15, 0.2) is 29.0 Å². The van der Waals surface area contributed by atoms with Crippen LogP contribution in [0.4, 0.5) is 0 Å². The Morgan fingerprint density at radius 3 is 2.94 bits per heavy atom. The maximum absolute atomic E-state index is 10.9. The van der Waals surface area contributed by atoms with Crippen LogP contribution >= 0.6 is 11.6 Å². The maximum Gasteiger partial charge on any atom is 0.358 e. The lowest BCUT2D eigenvalue weighted by Gasteiger charge is -2.06. The van der Waals surface area contributed by atoms with Crippen molar-refractivity contribution in [2.75, 3.05) is 7.11 Å². The molecule has 0 saturated heterocycles. The molecule has 0 bridgehead atoms. The van der Waals surface area contributed by atoms with Crippen molar-refractivity contribution in [2.24, 2.45) is 0 Å². The van der Waals surface area contributed by atoms with E-state index in [-0.39, 0.29) is 11.5 Å². The largest absolute Gasteiger partial charge is 0.496 e. The molecule has 1 aromatic heterocycles. The molecule has 0 atom stereocenters. The first-order chi connectivity index (χ1) is 8.13. The van der Waals surface area contributed by atoms with E-state index in [4.69, 9.17) is 25.9 Å². The lowest BCUT2D eigenvalue weighted by Crippen LogP contribution is -1.99. The summed E-state index contributed by atoms with van der Waals surface area (Å²) in [5.41, 5.74) is 0.331. The first kappa shape index (κ1) is 11.5. The first-order valence-electron chi connectivity index (χ1n) is 4.64. The molecule has 5 nitrogen and oxygen atoms in total. The number of methoxy groups -OCH3 is 1. The summed E-state index contributed by atoms with van der Waals surface area (Å²) in [6.07, 6.45) is 1.08. The van der Waals surface area contributed by atoms with Crippen molar-refractivity contribution in [3.63, 3.8) is 0 Å². The molecule has 17 heavy (non-hydrogen) atoms.